The highest BCUT2D eigenvalue weighted by Gasteiger charge is 2.66. The van der Waals surface area contributed by atoms with Crippen molar-refractivity contribution in [1.82, 2.24) is 4.90 Å². The number of phenolic OH excluding ortho intramolecular Hbond substituents is 1. The van der Waals surface area contributed by atoms with Gasteiger partial charge in [0.05, 0.1) is 24.8 Å². The molecule has 3 fully saturated rings. The van der Waals surface area contributed by atoms with Crippen LogP contribution in [0, 0.1) is 17.3 Å². The van der Waals surface area contributed by atoms with Crippen LogP contribution in [0.3, 0.4) is 0 Å². The van der Waals surface area contributed by atoms with Gasteiger partial charge in [-0.25, -0.2) is 0 Å². The fraction of sp³-hybridized carbons (Fsp3) is 0.500. The van der Waals surface area contributed by atoms with Gasteiger partial charge < -0.3 is 35.8 Å². The topological polar surface area (TPSA) is 174 Å². The van der Waals surface area contributed by atoms with E-state index in [1.807, 2.05) is 23.9 Å². The van der Waals surface area contributed by atoms with E-state index in [2.05, 4.69) is 0 Å². The minimum absolute atomic E-state index is 0.0795. The average molecular weight is 512 g/mol. The Morgan fingerprint density at radius 1 is 1.16 bits per heavy atom. The molecule has 0 bridgehead atoms. The maximum Gasteiger partial charge on any atom is 0.255 e. The highest BCUT2D eigenvalue weighted by atomic mass is 16.5. The van der Waals surface area contributed by atoms with Crippen LogP contribution in [0.5, 0.6) is 5.75 Å². The SMILES string of the molecule is CN(C)c1ccc(O)c2c1CC1CC3C(N4CC5(COC5)C4)C(=O)C(C(N)=O)=C(O)C3(O)C(=O)C1=C2O. The molecule has 2 aliphatic heterocycles. The molecule has 0 radical (unpaired) electrons. The van der Waals surface area contributed by atoms with Gasteiger partial charge in [-0.15, -0.1) is 0 Å². The zero-order valence-electron chi connectivity index (χ0n) is 20.5. The number of carbonyl (C=O) groups is 3. The first-order valence-corrected chi connectivity index (χ1v) is 12.2. The van der Waals surface area contributed by atoms with Crippen LogP contribution in [0.15, 0.2) is 29.0 Å². The fourth-order valence-electron chi connectivity index (χ4n) is 7.06. The van der Waals surface area contributed by atoms with Gasteiger partial charge in [0.1, 0.15) is 22.8 Å². The van der Waals surface area contributed by atoms with Crippen LogP contribution < -0.4 is 10.6 Å². The lowest BCUT2D eigenvalue weighted by atomic mass is 9.56. The molecule has 1 aromatic carbocycles. The van der Waals surface area contributed by atoms with E-state index in [9.17, 15) is 34.8 Å². The van der Waals surface area contributed by atoms with Crippen molar-refractivity contribution < 1.29 is 39.5 Å². The smallest absolute Gasteiger partial charge is 0.255 e. The number of carbonyl (C=O) groups excluding carboxylic acids is 3. The molecule has 0 aromatic heterocycles. The second-order valence-corrected chi connectivity index (χ2v) is 11.2. The molecule has 6 rings (SSSR count). The molecule has 37 heavy (non-hydrogen) atoms. The summed E-state index contributed by atoms with van der Waals surface area (Å²) in [5.74, 6) is -6.41. The number of nitrogens with zero attached hydrogens (tertiary/aromatic N) is 2. The summed E-state index contributed by atoms with van der Waals surface area (Å²) in [7, 11) is 3.64. The zero-order valence-corrected chi connectivity index (χ0v) is 20.5. The van der Waals surface area contributed by atoms with Crippen molar-refractivity contribution in [1.29, 1.82) is 0 Å². The van der Waals surface area contributed by atoms with Gasteiger partial charge in [0.25, 0.3) is 5.91 Å². The van der Waals surface area contributed by atoms with Crippen molar-refractivity contribution in [3.8, 4) is 5.75 Å². The first-order chi connectivity index (χ1) is 17.4. The number of likely N-dealkylation sites (tertiary alicyclic amines) is 1. The monoisotopic (exact) mass is 511 g/mol. The molecule has 1 aromatic rings. The number of amides is 1. The molecule has 4 unspecified atom stereocenters. The van der Waals surface area contributed by atoms with E-state index in [1.54, 1.807) is 6.07 Å². The first kappa shape index (κ1) is 24.0. The van der Waals surface area contributed by atoms with Crippen molar-refractivity contribution in [3.63, 3.8) is 0 Å². The summed E-state index contributed by atoms with van der Waals surface area (Å²) >= 11 is 0. The van der Waals surface area contributed by atoms with E-state index in [0.717, 1.165) is 5.69 Å². The summed E-state index contributed by atoms with van der Waals surface area (Å²) in [6, 6.07) is 2.08. The second kappa shape index (κ2) is 7.56. The second-order valence-electron chi connectivity index (χ2n) is 11.2. The van der Waals surface area contributed by atoms with Crippen molar-refractivity contribution in [3.05, 3.63) is 40.2 Å². The summed E-state index contributed by atoms with van der Waals surface area (Å²) in [6.07, 6.45) is 0.344. The Balaban J connectivity index is 1.51. The number of ether oxygens (including phenoxy) is 1. The summed E-state index contributed by atoms with van der Waals surface area (Å²) in [6.45, 7) is 2.05. The average Bonchev–Trinajstić information content (AvgIpc) is 2.75. The predicted molar refractivity (Wildman–Crippen MR) is 130 cm³/mol. The van der Waals surface area contributed by atoms with Crippen molar-refractivity contribution in [2.24, 2.45) is 23.0 Å². The first-order valence-electron chi connectivity index (χ1n) is 12.2. The van der Waals surface area contributed by atoms with Gasteiger partial charge in [0.2, 0.25) is 5.78 Å². The number of benzene rings is 1. The molecule has 11 nitrogen and oxygen atoms in total. The predicted octanol–water partition coefficient (Wildman–Crippen LogP) is -0.199. The third-order valence-corrected chi connectivity index (χ3v) is 8.79. The quantitative estimate of drug-likeness (QED) is 0.342. The van der Waals surface area contributed by atoms with Gasteiger partial charge >= 0.3 is 0 Å². The highest BCUT2D eigenvalue weighted by molar-refractivity contribution is 6.24. The minimum Gasteiger partial charge on any atom is -0.508 e. The van der Waals surface area contributed by atoms with Gasteiger partial charge in [-0.1, -0.05) is 0 Å². The molecule has 2 saturated heterocycles. The van der Waals surface area contributed by atoms with Crippen LogP contribution in [0.4, 0.5) is 5.69 Å². The summed E-state index contributed by atoms with van der Waals surface area (Å²) in [4.78, 5) is 43.4. The molecule has 1 spiro atoms. The number of primary amides is 1. The van der Waals surface area contributed by atoms with Gasteiger partial charge in [-0.3, -0.25) is 19.3 Å². The minimum atomic E-state index is -2.63. The van der Waals surface area contributed by atoms with Gasteiger partial charge in [-0.2, -0.15) is 0 Å². The van der Waals surface area contributed by atoms with Gasteiger partial charge in [0, 0.05) is 49.8 Å². The molecule has 5 aliphatic rings. The Morgan fingerprint density at radius 2 is 1.84 bits per heavy atom. The Bertz CT molecular complexity index is 1340. The molecule has 2 heterocycles. The largest absolute Gasteiger partial charge is 0.508 e. The van der Waals surface area contributed by atoms with Crippen molar-refractivity contribution >= 4 is 28.9 Å². The third-order valence-electron chi connectivity index (χ3n) is 8.79. The van der Waals surface area contributed by atoms with Gasteiger partial charge in [-0.05, 0) is 36.5 Å². The lowest BCUT2D eigenvalue weighted by molar-refractivity contribution is -0.211. The number of aromatic hydroxyl groups is 1. The standard InChI is InChI=1S/C26H29N3O8/c1-28(2)14-3-4-15(30)17-12(14)5-11-6-13-19(29-7-25(8-29)9-37-10-25)21(32)18(24(27)35)23(34)26(13,36)22(33)16(11)20(17)31/h3-4,11,13,19,30-31,34,36H,5-10H2,1-2H3,(H2,27,35). The summed E-state index contributed by atoms with van der Waals surface area (Å²) < 4.78 is 5.32. The van der Waals surface area contributed by atoms with Crippen LogP contribution in [0.25, 0.3) is 5.76 Å². The number of aliphatic hydroxyl groups is 3. The number of rotatable bonds is 3. The number of nitrogens with two attached hydrogens (primary N) is 1. The number of hydrogen-bond donors (Lipinski definition) is 5. The number of Topliss-reactive ketones (excluding diaryl/α,β-unsaturated/α-hetero) is 2. The lowest BCUT2D eigenvalue weighted by Crippen LogP contribution is -2.74. The number of anilines is 1. The molecular formula is C26H29N3O8. The van der Waals surface area contributed by atoms with E-state index in [4.69, 9.17) is 10.5 Å². The fourth-order valence-corrected chi connectivity index (χ4v) is 7.06. The Morgan fingerprint density at radius 3 is 2.41 bits per heavy atom. The summed E-state index contributed by atoms with van der Waals surface area (Å²) in [5, 5.41) is 44.7. The van der Waals surface area contributed by atoms with Crippen LogP contribution in [0.1, 0.15) is 17.5 Å². The molecule has 1 amide bonds. The molecular weight excluding hydrogens is 482 g/mol. The number of ketones is 2. The van der Waals surface area contributed by atoms with Crippen LogP contribution in [-0.2, 0) is 25.5 Å². The summed E-state index contributed by atoms with van der Waals surface area (Å²) in [5.41, 5.74) is 3.24. The maximum absolute atomic E-state index is 14.0. The molecule has 196 valence electrons. The molecule has 3 aliphatic carbocycles. The van der Waals surface area contributed by atoms with E-state index < -0.39 is 58.0 Å². The van der Waals surface area contributed by atoms with Crippen LogP contribution >= 0.6 is 0 Å². The number of phenols is 1. The number of hydrogen-bond acceptors (Lipinski definition) is 10. The number of aliphatic hydroxyl groups excluding tert-OH is 2. The third kappa shape index (κ3) is 2.95. The van der Waals surface area contributed by atoms with E-state index in [-0.39, 0.29) is 35.1 Å². The molecule has 11 heteroatoms. The Kier molecular flexibility index (Phi) is 4.89. The Hall–Kier alpha value is -3.41. The molecule has 1 saturated carbocycles. The normalized spacial score (nSPS) is 32.4. The zero-order chi connectivity index (χ0) is 26.6. The molecule has 6 N–H and O–H groups in total. The lowest BCUT2D eigenvalue weighted by Gasteiger charge is -2.60. The van der Waals surface area contributed by atoms with Crippen molar-refractivity contribution in [2.45, 2.75) is 24.5 Å². The van der Waals surface area contributed by atoms with Crippen molar-refractivity contribution in [2.75, 3.05) is 45.3 Å². The van der Waals surface area contributed by atoms with Gasteiger partial charge in [0.15, 0.2) is 11.4 Å². The van der Waals surface area contributed by atoms with E-state index in [0.29, 0.717) is 31.9 Å². The van der Waals surface area contributed by atoms with Crippen LogP contribution in [0.2, 0.25) is 0 Å². The maximum atomic E-state index is 14.0. The Labute approximate surface area is 212 Å². The highest BCUT2D eigenvalue weighted by Crippen LogP contribution is 2.55. The van der Waals surface area contributed by atoms with E-state index >= 15 is 0 Å². The molecule has 4 atom stereocenters. The number of fused-ring (bicyclic) bond motifs is 3. The van der Waals surface area contributed by atoms with E-state index in [1.165, 1.54) is 6.07 Å². The van der Waals surface area contributed by atoms with Crippen LogP contribution in [-0.4, -0.2) is 94.8 Å².